The van der Waals surface area contributed by atoms with Crippen molar-refractivity contribution in [2.45, 2.75) is 43.8 Å². The van der Waals surface area contributed by atoms with Crippen LogP contribution < -0.4 is 5.56 Å². The predicted octanol–water partition coefficient (Wildman–Crippen LogP) is 7.93. The minimum atomic E-state index is -4.62. The highest BCUT2D eigenvalue weighted by atomic mass is 35.5. The van der Waals surface area contributed by atoms with Crippen LogP contribution in [0.1, 0.15) is 37.3 Å². The van der Waals surface area contributed by atoms with E-state index in [0.29, 0.717) is 12.8 Å². The number of Topliss-reactive ketones (excluding diaryl/α,β-unsaturated/α-hetero) is 1. The minimum absolute atomic E-state index is 0.0411. The first kappa shape index (κ1) is 30.7. The van der Waals surface area contributed by atoms with Crippen molar-refractivity contribution in [2.75, 3.05) is 18.8 Å². The Hall–Kier alpha value is -3.27. The Balaban J connectivity index is 1.56. The third-order valence-corrected chi connectivity index (χ3v) is 8.00. The standard InChI is InChI=1S/C31H30ClF3N2O3S/c1-2-14-37(18-20-7-4-3-5-8-20)15-6-9-23(38)19-41-29-28(25-17-22(32)11-13-27(25)39)24-16-21(31(33,34)35)10-12-26(24)36-30(29)40/h3-5,7-8,10-13,16-17,39H,2,6,9,14-15,18-19H2,1H3,(H,36,40). The Kier molecular flexibility index (Phi) is 10.2. The Morgan fingerprint density at radius 1 is 1.05 bits per heavy atom. The Morgan fingerprint density at radius 2 is 1.80 bits per heavy atom. The molecule has 4 rings (SSSR count). The molecule has 2 N–H and O–H groups in total. The number of hydrogen-bond acceptors (Lipinski definition) is 5. The average molecular weight is 603 g/mol. The molecular weight excluding hydrogens is 573 g/mol. The number of aromatic hydroxyl groups is 1. The third-order valence-electron chi connectivity index (χ3n) is 6.62. The molecule has 41 heavy (non-hydrogen) atoms. The number of pyridine rings is 1. The number of thioether (sulfide) groups is 1. The summed E-state index contributed by atoms with van der Waals surface area (Å²) in [4.78, 5) is 31.0. The number of fused-ring (bicyclic) bond motifs is 1. The third kappa shape index (κ3) is 7.93. The zero-order valence-corrected chi connectivity index (χ0v) is 24.0. The number of nitrogens with zero attached hydrogens (tertiary/aromatic N) is 1. The lowest BCUT2D eigenvalue weighted by atomic mass is 9.98. The van der Waals surface area contributed by atoms with Gasteiger partial charge >= 0.3 is 6.18 Å². The fraction of sp³-hybridized carbons (Fsp3) is 0.290. The van der Waals surface area contributed by atoms with Crippen LogP contribution in [0.25, 0.3) is 22.0 Å². The largest absolute Gasteiger partial charge is 0.507 e. The fourth-order valence-corrected chi connectivity index (χ4v) is 5.89. The molecule has 0 saturated carbocycles. The number of ketones is 1. The van der Waals surface area contributed by atoms with E-state index < -0.39 is 17.3 Å². The van der Waals surface area contributed by atoms with E-state index in [1.807, 2.05) is 18.2 Å². The molecule has 0 amide bonds. The fourth-order valence-electron chi connectivity index (χ4n) is 4.72. The number of alkyl halides is 3. The van der Waals surface area contributed by atoms with Gasteiger partial charge in [-0.15, -0.1) is 11.8 Å². The molecule has 0 fully saturated rings. The van der Waals surface area contributed by atoms with Crippen LogP contribution in [0.3, 0.4) is 0 Å². The van der Waals surface area contributed by atoms with Gasteiger partial charge in [0.05, 0.1) is 16.2 Å². The zero-order chi connectivity index (χ0) is 29.6. The molecule has 0 aliphatic rings. The first-order chi connectivity index (χ1) is 19.6. The second-order valence-electron chi connectivity index (χ2n) is 9.77. The van der Waals surface area contributed by atoms with Gasteiger partial charge in [-0.3, -0.25) is 14.5 Å². The summed E-state index contributed by atoms with van der Waals surface area (Å²) in [5, 5.41) is 10.9. The number of carbonyl (C=O) groups is 1. The summed E-state index contributed by atoms with van der Waals surface area (Å²) in [6.07, 6.45) is -2.70. The van der Waals surface area contributed by atoms with E-state index in [4.69, 9.17) is 11.6 Å². The van der Waals surface area contributed by atoms with E-state index >= 15 is 0 Å². The summed E-state index contributed by atoms with van der Waals surface area (Å²) in [6.45, 7) is 4.53. The number of benzene rings is 3. The number of phenolic OH excluding ortho intramolecular Hbond substituents is 1. The van der Waals surface area contributed by atoms with E-state index in [1.54, 1.807) is 0 Å². The highest BCUT2D eigenvalue weighted by Gasteiger charge is 2.31. The van der Waals surface area contributed by atoms with Crippen LogP contribution in [0.15, 0.2) is 76.4 Å². The van der Waals surface area contributed by atoms with E-state index in [9.17, 15) is 27.9 Å². The topological polar surface area (TPSA) is 73.4 Å². The van der Waals surface area contributed by atoms with Gasteiger partial charge in [-0.2, -0.15) is 13.2 Å². The summed E-state index contributed by atoms with van der Waals surface area (Å²) >= 11 is 7.10. The van der Waals surface area contributed by atoms with Gasteiger partial charge in [0.25, 0.3) is 5.56 Å². The van der Waals surface area contributed by atoms with Crippen molar-refractivity contribution in [1.29, 1.82) is 0 Å². The van der Waals surface area contributed by atoms with Crippen LogP contribution in [0.4, 0.5) is 13.2 Å². The molecule has 0 atom stereocenters. The van der Waals surface area contributed by atoms with Gasteiger partial charge in [-0.25, -0.2) is 0 Å². The van der Waals surface area contributed by atoms with Crippen LogP contribution in [0, 0.1) is 0 Å². The number of aromatic nitrogens is 1. The van der Waals surface area contributed by atoms with Crippen molar-refractivity contribution in [2.24, 2.45) is 0 Å². The SMILES string of the molecule is CCCN(CCCC(=O)CSc1c(-c2cc(Cl)ccc2O)c2cc(C(F)(F)F)ccc2[nH]c1=O)Cc1ccccc1. The molecule has 0 saturated heterocycles. The molecule has 0 bridgehead atoms. The van der Waals surface area contributed by atoms with Gasteiger partial charge in [-0.1, -0.05) is 48.9 Å². The van der Waals surface area contributed by atoms with Gasteiger partial charge in [0.1, 0.15) is 11.5 Å². The molecule has 5 nitrogen and oxygen atoms in total. The van der Waals surface area contributed by atoms with Crippen molar-refractivity contribution in [3.8, 4) is 16.9 Å². The maximum atomic E-state index is 13.6. The number of phenols is 1. The molecule has 10 heteroatoms. The minimum Gasteiger partial charge on any atom is -0.507 e. The Bertz CT molecular complexity index is 1580. The van der Waals surface area contributed by atoms with E-state index in [-0.39, 0.29) is 49.2 Å². The van der Waals surface area contributed by atoms with Crippen molar-refractivity contribution in [1.82, 2.24) is 9.88 Å². The summed E-state index contributed by atoms with van der Waals surface area (Å²) < 4.78 is 40.7. The second kappa shape index (κ2) is 13.6. The quantitative estimate of drug-likeness (QED) is 0.161. The molecule has 0 unspecified atom stereocenters. The summed E-state index contributed by atoms with van der Waals surface area (Å²) in [6, 6.07) is 17.2. The van der Waals surface area contributed by atoms with Gasteiger partial charge in [0.15, 0.2) is 0 Å². The lowest BCUT2D eigenvalue weighted by molar-refractivity contribution is -0.137. The molecule has 1 aromatic heterocycles. The van der Waals surface area contributed by atoms with Gasteiger partial charge in [-0.05, 0) is 67.9 Å². The smallest absolute Gasteiger partial charge is 0.416 e. The first-order valence-corrected chi connectivity index (χ1v) is 14.6. The van der Waals surface area contributed by atoms with Crippen LogP contribution in [-0.2, 0) is 17.5 Å². The monoisotopic (exact) mass is 602 g/mol. The number of nitrogens with one attached hydrogen (secondary N) is 1. The van der Waals surface area contributed by atoms with Crippen LogP contribution in [-0.4, -0.2) is 39.6 Å². The van der Waals surface area contributed by atoms with E-state index in [0.717, 1.165) is 49.9 Å². The number of rotatable bonds is 12. The van der Waals surface area contributed by atoms with Crippen LogP contribution >= 0.6 is 23.4 Å². The summed E-state index contributed by atoms with van der Waals surface area (Å²) in [7, 11) is 0. The number of aromatic amines is 1. The van der Waals surface area contributed by atoms with E-state index in [2.05, 4.69) is 28.9 Å². The van der Waals surface area contributed by atoms with Crippen molar-refractivity contribution >= 4 is 40.0 Å². The van der Waals surface area contributed by atoms with E-state index in [1.165, 1.54) is 29.8 Å². The summed E-state index contributed by atoms with van der Waals surface area (Å²) in [5.41, 5.74) is 0.107. The Labute approximate surface area is 245 Å². The molecule has 216 valence electrons. The van der Waals surface area contributed by atoms with Crippen LogP contribution in [0.5, 0.6) is 5.75 Å². The molecular formula is C31H30ClF3N2O3S. The van der Waals surface area contributed by atoms with Gasteiger partial charge < -0.3 is 10.1 Å². The summed E-state index contributed by atoms with van der Waals surface area (Å²) in [5.74, 6) is -0.383. The lowest BCUT2D eigenvalue weighted by Crippen LogP contribution is -2.25. The molecule has 1 heterocycles. The Morgan fingerprint density at radius 3 is 2.51 bits per heavy atom. The zero-order valence-electron chi connectivity index (χ0n) is 22.4. The number of carbonyl (C=O) groups excluding carboxylic acids is 1. The highest BCUT2D eigenvalue weighted by Crippen LogP contribution is 2.42. The molecule has 0 aliphatic carbocycles. The molecule has 0 spiro atoms. The van der Waals surface area contributed by atoms with Crippen molar-refractivity contribution in [3.63, 3.8) is 0 Å². The van der Waals surface area contributed by atoms with Crippen LogP contribution in [0.2, 0.25) is 5.02 Å². The van der Waals surface area contributed by atoms with Crippen molar-refractivity contribution in [3.05, 3.63) is 93.2 Å². The van der Waals surface area contributed by atoms with Gasteiger partial charge in [0.2, 0.25) is 0 Å². The maximum Gasteiger partial charge on any atom is 0.416 e. The normalized spacial score (nSPS) is 11.9. The predicted molar refractivity (Wildman–Crippen MR) is 159 cm³/mol. The average Bonchev–Trinajstić information content (AvgIpc) is 2.93. The van der Waals surface area contributed by atoms with Gasteiger partial charge in [0, 0.05) is 40.0 Å². The molecule has 0 radical (unpaired) electrons. The number of halogens is 4. The number of hydrogen-bond donors (Lipinski definition) is 2. The maximum absolute atomic E-state index is 13.6. The molecule has 4 aromatic rings. The molecule has 3 aromatic carbocycles. The first-order valence-electron chi connectivity index (χ1n) is 13.2. The second-order valence-corrected chi connectivity index (χ2v) is 11.2. The highest BCUT2D eigenvalue weighted by molar-refractivity contribution is 8.00. The number of H-pyrrole nitrogens is 1. The lowest BCUT2D eigenvalue weighted by Gasteiger charge is -2.21. The molecule has 0 aliphatic heterocycles. The van der Waals surface area contributed by atoms with Crippen molar-refractivity contribution < 1.29 is 23.1 Å².